The molecule has 0 spiro atoms. The zero-order valence-corrected chi connectivity index (χ0v) is 7.56. The predicted molar refractivity (Wildman–Crippen MR) is 45.6 cm³/mol. The zero-order chi connectivity index (χ0) is 8.55. The van der Waals surface area contributed by atoms with Crippen molar-refractivity contribution in [3.63, 3.8) is 0 Å². The van der Waals surface area contributed by atoms with Crippen molar-refractivity contribution < 1.29 is 0 Å². The van der Waals surface area contributed by atoms with Gasteiger partial charge in [-0.05, 0) is 26.4 Å². The van der Waals surface area contributed by atoms with Gasteiger partial charge in [-0.25, -0.2) is 0 Å². The number of aryl methyl sites for hydroxylation is 1. The summed E-state index contributed by atoms with van der Waals surface area (Å²) in [7, 11) is 4.15. The molecule has 1 aliphatic rings. The topological polar surface area (TPSA) is 34.0 Å². The minimum atomic E-state index is 0.484. The molecular formula is C8H14N4. The number of hydrogen-bond acceptors (Lipinski definition) is 3. The lowest BCUT2D eigenvalue weighted by atomic mass is 10.2. The summed E-state index contributed by atoms with van der Waals surface area (Å²) in [5.74, 6) is 1.09. The molecule has 1 aliphatic heterocycles. The minimum absolute atomic E-state index is 0.484. The quantitative estimate of drug-likeness (QED) is 0.612. The summed E-state index contributed by atoms with van der Waals surface area (Å²) >= 11 is 0. The van der Waals surface area contributed by atoms with Gasteiger partial charge >= 0.3 is 0 Å². The van der Waals surface area contributed by atoms with Crippen LogP contribution < -0.4 is 0 Å². The number of hydrogen-bond donors (Lipinski definition) is 0. The highest BCUT2D eigenvalue weighted by Gasteiger charge is 2.25. The summed E-state index contributed by atoms with van der Waals surface area (Å²) in [5.41, 5.74) is 0. The molecule has 0 N–H and O–H groups in total. The second-order valence-electron chi connectivity index (χ2n) is 3.44. The van der Waals surface area contributed by atoms with Crippen LogP contribution in [-0.2, 0) is 7.05 Å². The molecule has 1 atom stereocenters. The first-order chi connectivity index (χ1) is 5.79. The van der Waals surface area contributed by atoms with Crippen LogP contribution in [0.2, 0.25) is 0 Å². The van der Waals surface area contributed by atoms with Gasteiger partial charge in [0.15, 0.2) is 0 Å². The lowest BCUT2D eigenvalue weighted by Gasteiger charge is -2.17. The molecule has 0 aromatic carbocycles. The second-order valence-corrected chi connectivity index (χ2v) is 3.44. The third-order valence-electron chi connectivity index (χ3n) is 2.56. The van der Waals surface area contributed by atoms with Crippen LogP contribution in [0.25, 0.3) is 0 Å². The maximum Gasteiger partial charge on any atom is 0.149 e. The van der Waals surface area contributed by atoms with Gasteiger partial charge in [0, 0.05) is 7.05 Å². The van der Waals surface area contributed by atoms with Crippen molar-refractivity contribution in [1.82, 2.24) is 19.7 Å². The van der Waals surface area contributed by atoms with E-state index in [9.17, 15) is 0 Å². The van der Waals surface area contributed by atoms with Gasteiger partial charge < -0.3 is 4.57 Å². The molecular weight excluding hydrogens is 152 g/mol. The zero-order valence-electron chi connectivity index (χ0n) is 7.56. The molecule has 66 valence electrons. The predicted octanol–water partition coefficient (Wildman–Crippen LogP) is 0.582. The molecule has 0 bridgehead atoms. The van der Waals surface area contributed by atoms with Crippen LogP contribution >= 0.6 is 0 Å². The number of aromatic nitrogens is 3. The smallest absolute Gasteiger partial charge is 0.149 e. The number of likely N-dealkylation sites (tertiary alicyclic amines) is 1. The third-order valence-corrected chi connectivity index (χ3v) is 2.56. The Kier molecular flexibility index (Phi) is 1.84. The van der Waals surface area contributed by atoms with Crippen molar-refractivity contribution in [2.24, 2.45) is 7.05 Å². The Morgan fingerprint density at radius 3 is 2.83 bits per heavy atom. The molecule has 0 aliphatic carbocycles. The van der Waals surface area contributed by atoms with Crippen LogP contribution in [0.15, 0.2) is 6.33 Å². The van der Waals surface area contributed by atoms with Gasteiger partial charge in [-0.3, -0.25) is 4.90 Å². The largest absolute Gasteiger partial charge is 0.319 e. The van der Waals surface area contributed by atoms with E-state index >= 15 is 0 Å². The molecule has 0 unspecified atom stereocenters. The summed E-state index contributed by atoms with van der Waals surface area (Å²) in [6.07, 6.45) is 4.25. The number of nitrogens with zero attached hydrogens (tertiary/aromatic N) is 4. The fourth-order valence-corrected chi connectivity index (χ4v) is 1.83. The SMILES string of the molecule is CN1CCC[C@H]1c1nncn1C. The normalized spacial score (nSPS) is 25.0. The van der Waals surface area contributed by atoms with E-state index in [-0.39, 0.29) is 0 Å². The Morgan fingerprint density at radius 2 is 2.33 bits per heavy atom. The van der Waals surface area contributed by atoms with Crippen LogP contribution in [0.4, 0.5) is 0 Å². The maximum atomic E-state index is 4.12. The van der Waals surface area contributed by atoms with Crippen LogP contribution in [0.1, 0.15) is 24.7 Å². The van der Waals surface area contributed by atoms with E-state index in [4.69, 9.17) is 0 Å². The van der Waals surface area contributed by atoms with Crippen molar-refractivity contribution in [2.75, 3.05) is 13.6 Å². The second kappa shape index (κ2) is 2.86. The average molecular weight is 166 g/mol. The van der Waals surface area contributed by atoms with Crippen LogP contribution in [0, 0.1) is 0 Å². The Balaban J connectivity index is 2.24. The van der Waals surface area contributed by atoms with E-state index in [1.807, 2.05) is 11.6 Å². The van der Waals surface area contributed by atoms with E-state index in [1.54, 1.807) is 6.33 Å². The van der Waals surface area contributed by atoms with Crippen molar-refractivity contribution in [2.45, 2.75) is 18.9 Å². The van der Waals surface area contributed by atoms with Crippen LogP contribution in [-0.4, -0.2) is 33.3 Å². The Morgan fingerprint density at radius 1 is 1.50 bits per heavy atom. The fourth-order valence-electron chi connectivity index (χ4n) is 1.83. The van der Waals surface area contributed by atoms with Gasteiger partial charge in [0.2, 0.25) is 0 Å². The van der Waals surface area contributed by atoms with Gasteiger partial charge in [-0.1, -0.05) is 0 Å². The van der Waals surface area contributed by atoms with Crippen LogP contribution in [0.3, 0.4) is 0 Å². The monoisotopic (exact) mass is 166 g/mol. The summed E-state index contributed by atoms with van der Waals surface area (Å²) < 4.78 is 2.01. The molecule has 0 radical (unpaired) electrons. The maximum absolute atomic E-state index is 4.12. The fraction of sp³-hybridized carbons (Fsp3) is 0.750. The molecule has 0 saturated carbocycles. The van der Waals surface area contributed by atoms with Crippen molar-refractivity contribution in [3.05, 3.63) is 12.2 Å². The van der Waals surface area contributed by atoms with E-state index in [0.29, 0.717) is 6.04 Å². The Bertz CT molecular complexity index is 268. The first-order valence-corrected chi connectivity index (χ1v) is 4.33. The lowest BCUT2D eigenvalue weighted by Crippen LogP contribution is -2.20. The van der Waals surface area contributed by atoms with Gasteiger partial charge in [0.05, 0.1) is 6.04 Å². The number of rotatable bonds is 1. The highest BCUT2D eigenvalue weighted by molar-refractivity contribution is 4.97. The van der Waals surface area contributed by atoms with Crippen molar-refractivity contribution >= 4 is 0 Å². The summed E-state index contributed by atoms with van der Waals surface area (Å²) in [6.45, 7) is 1.18. The molecule has 4 nitrogen and oxygen atoms in total. The summed E-state index contributed by atoms with van der Waals surface area (Å²) in [6, 6.07) is 0.484. The molecule has 1 saturated heterocycles. The van der Waals surface area contributed by atoms with Gasteiger partial charge in [-0.15, -0.1) is 10.2 Å². The third kappa shape index (κ3) is 1.12. The highest BCUT2D eigenvalue weighted by Crippen LogP contribution is 2.27. The summed E-state index contributed by atoms with van der Waals surface area (Å²) in [4.78, 5) is 2.34. The first kappa shape index (κ1) is 7.73. The Hall–Kier alpha value is -0.900. The van der Waals surface area contributed by atoms with Gasteiger partial charge in [-0.2, -0.15) is 0 Å². The highest BCUT2D eigenvalue weighted by atomic mass is 15.3. The summed E-state index contributed by atoms with van der Waals surface area (Å²) in [5, 5.41) is 8.01. The van der Waals surface area contributed by atoms with E-state index < -0.39 is 0 Å². The molecule has 4 heteroatoms. The van der Waals surface area contributed by atoms with E-state index in [2.05, 4.69) is 22.1 Å². The standard InChI is InChI=1S/C8H14N4/c1-11-5-3-4-7(11)8-10-9-6-12(8)2/h6-7H,3-5H2,1-2H3/t7-/m0/s1. The minimum Gasteiger partial charge on any atom is -0.319 e. The van der Waals surface area contributed by atoms with Crippen molar-refractivity contribution in [1.29, 1.82) is 0 Å². The lowest BCUT2D eigenvalue weighted by molar-refractivity contribution is 0.300. The molecule has 1 fully saturated rings. The molecule has 2 heterocycles. The Labute approximate surface area is 72.2 Å². The van der Waals surface area contributed by atoms with Gasteiger partial charge in [0.1, 0.15) is 12.2 Å². The van der Waals surface area contributed by atoms with Crippen molar-refractivity contribution in [3.8, 4) is 0 Å². The van der Waals surface area contributed by atoms with Gasteiger partial charge in [0.25, 0.3) is 0 Å². The first-order valence-electron chi connectivity index (χ1n) is 4.33. The molecule has 12 heavy (non-hydrogen) atoms. The van der Waals surface area contributed by atoms with Crippen LogP contribution in [0.5, 0.6) is 0 Å². The molecule has 1 aromatic rings. The van der Waals surface area contributed by atoms with E-state index in [0.717, 1.165) is 5.82 Å². The molecule has 1 aromatic heterocycles. The molecule has 0 amide bonds. The average Bonchev–Trinajstić information content (AvgIpc) is 2.59. The molecule has 2 rings (SSSR count). The van der Waals surface area contributed by atoms with E-state index in [1.165, 1.54) is 19.4 Å².